The molecule has 3 N–H and O–H groups in total. The highest BCUT2D eigenvalue weighted by Gasteiger charge is 2.41. The fraction of sp³-hybridized carbons (Fsp3) is 0.267. The number of aromatic amines is 1. The molecule has 3 amide bonds. The first-order valence-electron chi connectivity index (χ1n) is 13.3. The van der Waals surface area contributed by atoms with Gasteiger partial charge in [-0.1, -0.05) is 23.8 Å². The summed E-state index contributed by atoms with van der Waals surface area (Å²) in [7, 11) is 0. The van der Waals surface area contributed by atoms with Crippen molar-refractivity contribution in [2.45, 2.75) is 38.6 Å². The molecule has 0 bridgehead atoms. The van der Waals surface area contributed by atoms with Crippen molar-refractivity contribution in [1.82, 2.24) is 25.5 Å². The molecule has 12 heteroatoms. The predicted octanol–water partition coefficient (Wildman–Crippen LogP) is 3.92. The monoisotopic (exact) mass is 577 g/mol. The van der Waals surface area contributed by atoms with E-state index in [1.54, 1.807) is 42.7 Å². The van der Waals surface area contributed by atoms with E-state index in [9.17, 15) is 23.2 Å². The second kappa shape index (κ2) is 12.8. The molecular weight excluding hydrogens is 548 g/mol. The van der Waals surface area contributed by atoms with Gasteiger partial charge in [0.1, 0.15) is 17.5 Å². The number of alkyl halides is 2. The first kappa shape index (κ1) is 28.7. The molecule has 2 aromatic heterocycles. The van der Waals surface area contributed by atoms with Gasteiger partial charge in [-0.15, -0.1) is 0 Å². The van der Waals surface area contributed by atoms with E-state index in [0.29, 0.717) is 17.2 Å². The lowest BCUT2D eigenvalue weighted by Gasteiger charge is -2.24. The smallest absolute Gasteiger partial charge is 0.345 e. The normalized spacial score (nSPS) is 16.5. The number of halogens is 2. The third kappa shape index (κ3) is 7.07. The quantitative estimate of drug-likeness (QED) is 0.262. The molecule has 10 nitrogen and oxygen atoms in total. The molecule has 0 radical (unpaired) electrons. The minimum Gasteiger partial charge on any atom is -0.457 e. The van der Waals surface area contributed by atoms with Gasteiger partial charge in [0.05, 0.1) is 19.2 Å². The minimum absolute atomic E-state index is 0.106. The van der Waals surface area contributed by atoms with E-state index in [0.717, 1.165) is 21.4 Å². The van der Waals surface area contributed by atoms with Crippen LogP contribution in [0, 0.1) is 6.92 Å². The lowest BCUT2D eigenvalue weighted by Crippen LogP contribution is -2.49. The zero-order valence-electron chi connectivity index (χ0n) is 22.7. The van der Waals surface area contributed by atoms with E-state index < -0.39 is 43.0 Å². The van der Waals surface area contributed by atoms with Crippen LogP contribution >= 0.6 is 0 Å². The minimum atomic E-state index is -3.05. The second-order valence-electron chi connectivity index (χ2n) is 9.92. The number of aryl methyl sites for hydroxylation is 1. The highest BCUT2D eigenvalue weighted by molar-refractivity contribution is 5.97. The molecule has 1 saturated heterocycles. The molecule has 1 aliphatic rings. The first-order chi connectivity index (χ1) is 20.2. The van der Waals surface area contributed by atoms with Gasteiger partial charge in [-0.2, -0.15) is 8.78 Å². The van der Waals surface area contributed by atoms with Crippen LogP contribution in [0.25, 0.3) is 10.9 Å². The Kier molecular flexibility index (Phi) is 8.72. The van der Waals surface area contributed by atoms with Crippen LogP contribution in [-0.4, -0.2) is 64.4 Å². The van der Waals surface area contributed by atoms with E-state index in [1.807, 2.05) is 37.3 Å². The molecule has 0 unspecified atom stereocenters. The standard InChI is InChI=1S/C30H29F2N5O5/c1-18-5-7-22(8-6-18)41-23-4-2-3-19(12-23)28(39)35-16-27(38)37-17-24(42-30(31)32)13-26(37)29(40)34-15-21-11-20-14-33-10-9-25(20)36-21/h2-12,14,24,26,30,36H,13,15-17H2,1H3,(H,34,40)(H,35,39)/t24-,26+/m1/s1. The topological polar surface area (TPSA) is 126 Å². The second-order valence-corrected chi connectivity index (χ2v) is 9.92. The maximum atomic E-state index is 13.1. The summed E-state index contributed by atoms with van der Waals surface area (Å²) in [5, 5.41) is 6.16. The van der Waals surface area contributed by atoms with Gasteiger partial charge in [0.2, 0.25) is 11.8 Å². The molecule has 4 aromatic rings. The number of amides is 3. The molecule has 0 aliphatic carbocycles. The summed E-state index contributed by atoms with van der Waals surface area (Å²) in [5.74, 6) is -0.617. The fourth-order valence-corrected chi connectivity index (χ4v) is 4.80. The Balaban J connectivity index is 1.20. The lowest BCUT2D eigenvalue weighted by molar-refractivity contribution is -0.160. The Morgan fingerprint density at radius 2 is 1.88 bits per heavy atom. The van der Waals surface area contributed by atoms with Gasteiger partial charge in [0, 0.05) is 47.5 Å². The van der Waals surface area contributed by atoms with Gasteiger partial charge < -0.3 is 30.0 Å². The van der Waals surface area contributed by atoms with Gasteiger partial charge in [-0.25, -0.2) is 0 Å². The number of nitrogens with zero attached hydrogens (tertiary/aromatic N) is 2. The first-order valence-corrected chi connectivity index (χ1v) is 13.3. The number of rotatable bonds is 10. The summed E-state index contributed by atoms with van der Waals surface area (Å²) in [4.78, 5) is 47.4. The van der Waals surface area contributed by atoms with Crippen molar-refractivity contribution in [3.63, 3.8) is 0 Å². The Bertz CT molecular complexity index is 1540. The Hall–Kier alpha value is -4.84. The molecule has 2 aromatic carbocycles. The van der Waals surface area contributed by atoms with Gasteiger partial charge in [-0.3, -0.25) is 19.4 Å². The van der Waals surface area contributed by atoms with Crippen molar-refractivity contribution < 1.29 is 32.6 Å². The number of likely N-dealkylation sites (tertiary alicyclic amines) is 1. The molecule has 42 heavy (non-hydrogen) atoms. The van der Waals surface area contributed by atoms with Crippen LogP contribution < -0.4 is 15.4 Å². The number of nitrogens with one attached hydrogen (secondary N) is 3. The van der Waals surface area contributed by atoms with E-state index in [-0.39, 0.29) is 25.1 Å². The molecular formula is C30H29F2N5O5. The lowest BCUT2D eigenvalue weighted by atomic mass is 10.1. The third-order valence-corrected chi connectivity index (χ3v) is 6.86. The molecule has 0 spiro atoms. The van der Waals surface area contributed by atoms with Crippen LogP contribution in [0.15, 0.2) is 73.1 Å². The van der Waals surface area contributed by atoms with Crippen LogP contribution in [0.2, 0.25) is 0 Å². The fourth-order valence-electron chi connectivity index (χ4n) is 4.80. The van der Waals surface area contributed by atoms with E-state index >= 15 is 0 Å². The number of H-pyrrole nitrogens is 1. The maximum absolute atomic E-state index is 13.1. The van der Waals surface area contributed by atoms with Crippen LogP contribution in [0.4, 0.5) is 8.78 Å². The molecule has 218 valence electrons. The predicted molar refractivity (Wildman–Crippen MR) is 149 cm³/mol. The highest BCUT2D eigenvalue weighted by atomic mass is 19.3. The summed E-state index contributed by atoms with van der Waals surface area (Å²) in [6, 6.07) is 16.5. The summed E-state index contributed by atoms with van der Waals surface area (Å²) in [6.07, 6.45) is 2.18. The van der Waals surface area contributed by atoms with E-state index in [2.05, 4.69) is 25.3 Å². The van der Waals surface area contributed by atoms with Crippen molar-refractivity contribution in [2.24, 2.45) is 0 Å². The number of aromatic nitrogens is 2. The summed E-state index contributed by atoms with van der Waals surface area (Å²) >= 11 is 0. The Labute approximate surface area is 240 Å². The number of hydrogen-bond donors (Lipinski definition) is 3. The van der Waals surface area contributed by atoms with Gasteiger partial charge in [0.25, 0.3) is 5.91 Å². The van der Waals surface area contributed by atoms with E-state index in [4.69, 9.17) is 4.74 Å². The highest BCUT2D eigenvalue weighted by Crippen LogP contribution is 2.24. The van der Waals surface area contributed by atoms with E-state index in [1.165, 1.54) is 0 Å². The Morgan fingerprint density at radius 1 is 1.07 bits per heavy atom. The molecule has 3 heterocycles. The van der Waals surface area contributed by atoms with Crippen LogP contribution in [0.1, 0.15) is 28.0 Å². The molecule has 0 saturated carbocycles. The number of benzene rings is 2. The molecule has 5 rings (SSSR count). The van der Waals surface area contributed by atoms with Crippen molar-refractivity contribution in [3.05, 3.63) is 89.9 Å². The molecule has 1 fully saturated rings. The average Bonchev–Trinajstić information content (AvgIpc) is 3.59. The van der Waals surface area contributed by atoms with Crippen molar-refractivity contribution in [2.75, 3.05) is 13.1 Å². The van der Waals surface area contributed by atoms with Crippen molar-refractivity contribution in [3.8, 4) is 11.5 Å². The zero-order chi connectivity index (χ0) is 29.6. The maximum Gasteiger partial charge on any atom is 0.345 e. The Morgan fingerprint density at radius 3 is 2.64 bits per heavy atom. The van der Waals surface area contributed by atoms with Crippen molar-refractivity contribution in [1.29, 1.82) is 0 Å². The van der Waals surface area contributed by atoms with Gasteiger partial charge in [0.15, 0.2) is 0 Å². The molecule has 1 aliphatic heterocycles. The zero-order valence-corrected chi connectivity index (χ0v) is 22.7. The molecule has 2 atom stereocenters. The summed E-state index contributed by atoms with van der Waals surface area (Å²) < 4.78 is 36.3. The van der Waals surface area contributed by atoms with Crippen LogP contribution in [0.3, 0.4) is 0 Å². The summed E-state index contributed by atoms with van der Waals surface area (Å²) in [6.45, 7) is -1.62. The summed E-state index contributed by atoms with van der Waals surface area (Å²) in [5.41, 5.74) is 2.90. The number of pyridine rings is 1. The number of fused-ring (bicyclic) bond motifs is 1. The largest absolute Gasteiger partial charge is 0.457 e. The van der Waals surface area contributed by atoms with Crippen LogP contribution in [-0.2, 0) is 20.9 Å². The van der Waals surface area contributed by atoms with Crippen molar-refractivity contribution >= 4 is 28.6 Å². The van der Waals surface area contributed by atoms with Crippen LogP contribution in [0.5, 0.6) is 11.5 Å². The SMILES string of the molecule is Cc1ccc(Oc2cccc(C(=O)NCC(=O)N3C[C@H](OC(F)F)C[C@H]3C(=O)NCc3cc4cnccc4[nH]3)c2)cc1. The number of carbonyl (C=O) groups excluding carboxylic acids is 3. The number of hydrogen-bond acceptors (Lipinski definition) is 6. The number of ether oxygens (including phenoxy) is 2. The average molecular weight is 578 g/mol. The third-order valence-electron chi connectivity index (χ3n) is 6.86. The van der Waals surface area contributed by atoms with Gasteiger partial charge in [-0.05, 0) is 49.4 Å². The number of carbonyl (C=O) groups is 3. The van der Waals surface area contributed by atoms with Gasteiger partial charge >= 0.3 is 6.61 Å².